The average molecular weight is 236 g/mol. The molecule has 2 heteroatoms. The van der Waals surface area contributed by atoms with Crippen LogP contribution in [0, 0.1) is 11.8 Å². The summed E-state index contributed by atoms with van der Waals surface area (Å²) >= 11 is 0. The van der Waals surface area contributed by atoms with Crippen molar-refractivity contribution >= 4 is 0 Å². The highest BCUT2D eigenvalue weighted by atomic mass is 15.2. The van der Waals surface area contributed by atoms with Gasteiger partial charge in [-0.15, -0.1) is 0 Å². The van der Waals surface area contributed by atoms with Crippen molar-refractivity contribution in [2.75, 3.05) is 6.54 Å². The number of rotatable bonds is 2. The van der Waals surface area contributed by atoms with Gasteiger partial charge in [-0.05, 0) is 57.3 Å². The van der Waals surface area contributed by atoms with Gasteiger partial charge in [0, 0.05) is 24.7 Å². The van der Waals surface area contributed by atoms with E-state index in [9.17, 15) is 0 Å². The Morgan fingerprint density at radius 2 is 1.76 bits per heavy atom. The Morgan fingerprint density at radius 3 is 2.47 bits per heavy atom. The smallest absolute Gasteiger partial charge is 0.0101 e. The van der Waals surface area contributed by atoms with Crippen LogP contribution in [0.5, 0.6) is 0 Å². The van der Waals surface area contributed by atoms with Crippen LogP contribution in [0.4, 0.5) is 0 Å². The Morgan fingerprint density at radius 1 is 0.941 bits per heavy atom. The molecular formula is C15H28N2. The number of nitrogens with two attached hydrogens (primary N) is 1. The van der Waals surface area contributed by atoms with Crippen molar-refractivity contribution in [3.63, 3.8) is 0 Å². The van der Waals surface area contributed by atoms with E-state index in [-0.39, 0.29) is 0 Å². The quantitative estimate of drug-likeness (QED) is 0.799. The Hall–Kier alpha value is -0.0800. The first-order valence-electron chi connectivity index (χ1n) is 7.75. The van der Waals surface area contributed by atoms with Crippen molar-refractivity contribution in [3.8, 4) is 0 Å². The summed E-state index contributed by atoms with van der Waals surface area (Å²) in [5.41, 5.74) is 6.08. The van der Waals surface area contributed by atoms with Crippen molar-refractivity contribution in [2.24, 2.45) is 17.6 Å². The maximum absolute atomic E-state index is 6.08. The summed E-state index contributed by atoms with van der Waals surface area (Å²) < 4.78 is 0. The zero-order valence-electron chi connectivity index (χ0n) is 11.3. The second-order valence-corrected chi connectivity index (χ2v) is 6.79. The molecule has 0 aromatic heterocycles. The Balaban J connectivity index is 1.58. The highest BCUT2D eigenvalue weighted by Gasteiger charge is 2.38. The van der Waals surface area contributed by atoms with Crippen LogP contribution < -0.4 is 5.73 Å². The van der Waals surface area contributed by atoms with Gasteiger partial charge in [-0.1, -0.05) is 12.8 Å². The standard InChI is InChI=1S/C15H28N2/c1-11-9-14(16)7-8-17(11)15-4-2-3-13(10-15)12-5-6-12/h11-15H,2-10,16H2,1H3. The summed E-state index contributed by atoms with van der Waals surface area (Å²) in [4.78, 5) is 2.79. The Labute approximate surface area is 106 Å². The van der Waals surface area contributed by atoms with Gasteiger partial charge in [0.15, 0.2) is 0 Å². The van der Waals surface area contributed by atoms with Gasteiger partial charge in [-0.2, -0.15) is 0 Å². The van der Waals surface area contributed by atoms with Gasteiger partial charge in [0.2, 0.25) is 0 Å². The molecule has 0 amide bonds. The molecule has 3 rings (SSSR count). The second-order valence-electron chi connectivity index (χ2n) is 6.79. The maximum Gasteiger partial charge on any atom is 0.0101 e. The zero-order valence-corrected chi connectivity index (χ0v) is 11.3. The van der Waals surface area contributed by atoms with Crippen molar-refractivity contribution in [1.82, 2.24) is 4.90 Å². The molecule has 0 aromatic carbocycles. The maximum atomic E-state index is 6.08. The summed E-state index contributed by atoms with van der Waals surface area (Å²) in [6.45, 7) is 3.64. The Kier molecular flexibility index (Phi) is 3.45. The molecule has 2 N–H and O–H groups in total. The van der Waals surface area contributed by atoms with Crippen LogP contribution in [0.3, 0.4) is 0 Å². The van der Waals surface area contributed by atoms with Crippen LogP contribution in [0.25, 0.3) is 0 Å². The average Bonchev–Trinajstić information content (AvgIpc) is 3.13. The lowest BCUT2D eigenvalue weighted by molar-refractivity contribution is 0.0565. The van der Waals surface area contributed by atoms with Crippen molar-refractivity contribution < 1.29 is 0 Å². The number of hydrogen-bond donors (Lipinski definition) is 1. The van der Waals surface area contributed by atoms with E-state index in [4.69, 9.17) is 5.73 Å². The topological polar surface area (TPSA) is 29.3 Å². The molecule has 1 heterocycles. The highest BCUT2D eigenvalue weighted by Crippen LogP contribution is 2.45. The first kappa shape index (κ1) is 12.0. The van der Waals surface area contributed by atoms with Crippen LogP contribution in [0.1, 0.15) is 58.3 Å². The third kappa shape index (κ3) is 2.68. The predicted octanol–water partition coefficient (Wildman–Crippen LogP) is 2.77. The van der Waals surface area contributed by atoms with Crippen LogP contribution >= 0.6 is 0 Å². The number of nitrogens with zero attached hydrogens (tertiary/aromatic N) is 1. The van der Waals surface area contributed by atoms with E-state index in [0.717, 1.165) is 23.9 Å². The molecule has 0 spiro atoms. The fourth-order valence-corrected chi connectivity index (χ4v) is 4.27. The van der Waals surface area contributed by atoms with E-state index in [1.807, 2.05) is 0 Å². The molecule has 0 aromatic rings. The second kappa shape index (κ2) is 4.89. The number of likely N-dealkylation sites (tertiary alicyclic amines) is 1. The minimum atomic E-state index is 0.462. The molecule has 1 saturated heterocycles. The fourth-order valence-electron chi connectivity index (χ4n) is 4.27. The van der Waals surface area contributed by atoms with Gasteiger partial charge in [0.05, 0.1) is 0 Å². The molecule has 1 aliphatic heterocycles. The largest absolute Gasteiger partial charge is 0.328 e. The molecule has 98 valence electrons. The van der Waals surface area contributed by atoms with E-state index < -0.39 is 0 Å². The minimum absolute atomic E-state index is 0.462. The lowest BCUT2D eigenvalue weighted by Gasteiger charge is -2.44. The first-order chi connectivity index (χ1) is 8.24. The van der Waals surface area contributed by atoms with Gasteiger partial charge in [0.1, 0.15) is 0 Å². The molecule has 17 heavy (non-hydrogen) atoms. The molecule has 2 saturated carbocycles. The molecule has 3 fully saturated rings. The van der Waals surface area contributed by atoms with E-state index in [1.165, 1.54) is 57.9 Å². The number of piperidine rings is 1. The summed E-state index contributed by atoms with van der Waals surface area (Å²) in [7, 11) is 0. The van der Waals surface area contributed by atoms with Crippen LogP contribution in [0.15, 0.2) is 0 Å². The Bertz CT molecular complexity index is 262. The monoisotopic (exact) mass is 236 g/mol. The normalized spacial score (nSPS) is 44.8. The molecule has 0 bridgehead atoms. The summed E-state index contributed by atoms with van der Waals surface area (Å²) in [6.07, 6.45) is 11.4. The van der Waals surface area contributed by atoms with E-state index in [0.29, 0.717) is 6.04 Å². The fraction of sp³-hybridized carbons (Fsp3) is 1.00. The molecule has 2 aliphatic carbocycles. The lowest BCUT2D eigenvalue weighted by atomic mass is 9.80. The van der Waals surface area contributed by atoms with Crippen LogP contribution in [0.2, 0.25) is 0 Å². The van der Waals surface area contributed by atoms with Crippen LogP contribution in [-0.2, 0) is 0 Å². The van der Waals surface area contributed by atoms with Gasteiger partial charge >= 0.3 is 0 Å². The van der Waals surface area contributed by atoms with Gasteiger partial charge in [-0.3, -0.25) is 4.90 Å². The zero-order chi connectivity index (χ0) is 11.8. The van der Waals surface area contributed by atoms with Crippen molar-refractivity contribution in [2.45, 2.75) is 76.4 Å². The minimum Gasteiger partial charge on any atom is -0.328 e. The van der Waals surface area contributed by atoms with Gasteiger partial charge in [0.25, 0.3) is 0 Å². The van der Waals surface area contributed by atoms with E-state index in [2.05, 4.69) is 11.8 Å². The van der Waals surface area contributed by atoms with E-state index in [1.54, 1.807) is 0 Å². The summed E-state index contributed by atoms with van der Waals surface area (Å²) in [6, 6.07) is 2.07. The molecular weight excluding hydrogens is 208 g/mol. The third-order valence-corrected chi connectivity index (χ3v) is 5.41. The number of hydrogen-bond acceptors (Lipinski definition) is 2. The molecule has 0 radical (unpaired) electrons. The molecule has 3 aliphatic rings. The highest BCUT2D eigenvalue weighted by molar-refractivity contribution is 4.92. The lowest BCUT2D eigenvalue weighted by Crippen LogP contribution is -2.51. The van der Waals surface area contributed by atoms with Crippen molar-refractivity contribution in [1.29, 1.82) is 0 Å². The molecule has 2 nitrogen and oxygen atoms in total. The predicted molar refractivity (Wildman–Crippen MR) is 71.8 cm³/mol. The molecule has 4 atom stereocenters. The summed E-state index contributed by atoms with van der Waals surface area (Å²) in [5.74, 6) is 2.18. The van der Waals surface area contributed by atoms with E-state index >= 15 is 0 Å². The summed E-state index contributed by atoms with van der Waals surface area (Å²) in [5, 5.41) is 0. The van der Waals surface area contributed by atoms with Gasteiger partial charge < -0.3 is 5.73 Å². The third-order valence-electron chi connectivity index (χ3n) is 5.41. The van der Waals surface area contributed by atoms with Gasteiger partial charge in [-0.25, -0.2) is 0 Å². The molecule has 4 unspecified atom stereocenters. The SMILES string of the molecule is CC1CC(N)CCN1C1CCCC(C2CC2)C1. The first-order valence-corrected chi connectivity index (χ1v) is 7.75. The van der Waals surface area contributed by atoms with Crippen LogP contribution in [-0.4, -0.2) is 29.6 Å². The van der Waals surface area contributed by atoms with Crippen molar-refractivity contribution in [3.05, 3.63) is 0 Å².